The first kappa shape index (κ1) is 14.3. The van der Waals surface area contributed by atoms with Crippen LogP contribution in [0.1, 0.15) is 19.8 Å². The molecule has 1 aromatic carbocycles. The lowest BCUT2D eigenvalue weighted by molar-refractivity contribution is 0.229. The van der Waals surface area contributed by atoms with Gasteiger partial charge in [0.2, 0.25) is 0 Å². The summed E-state index contributed by atoms with van der Waals surface area (Å²) in [5, 5.41) is 3.58. The molecule has 0 aliphatic carbocycles. The van der Waals surface area contributed by atoms with Crippen LogP contribution in [0, 0.1) is 0 Å². The van der Waals surface area contributed by atoms with Crippen LogP contribution in [-0.2, 0) is 11.0 Å². The van der Waals surface area contributed by atoms with Crippen molar-refractivity contribution in [2.24, 2.45) is 0 Å². The SMILES string of the molecule is CCN1CCC(Nc2ccccc2NS(C)=O)CC1. The van der Waals surface area contributed by atoms with Crippen LogP contribution in [0.4, 0.5) is 11.4 Å². The zero-order chi connectivity index (χ0) is 13.7. The molecule has 0 saturated carbocycles. The first-order valence-electron chi connectivity index (χ1n) is 6.87. The molecule has 106 valence electrons. The Labute approximate surface area is 118 Å². The summed E-state index contributed by atoms with van der Waals surface area (Å²) in [5.41, 5.74) is 1.97. The van der Waals surface area contributed by atoms with Crippen LogP contribution in [0.3, 0.4) is 0 Å². The van der Waals surface area contributed by atoms with Crippen molar-refractivity contribution in [3.8, 4) is 0 Å². The normalized spacial score (nSPS) is 19.1. The minimum Gasteiger partial charge on any atom is -0.381 e. The second-order valence-corrected chi connectivity index (χ2v) is 6.07. The fourth-order valence-corrected chi connectivity index (χ4v) is 2.95. The minimum atomic E-state index is -1.04. The second kappa shape index (κ2) is 6.91. The van der Waals surface area contributed by atoms with E-state index in [4.69, 9.17) is 0 Å². The van der Waals surface area contributed by atoms with Crippen molar-refractivity contribution >= 4 is 22.4 Å². The number of benzene rings is 1. The molecule has 2 N–H and O–H groups in total. The van der Waals surface area contributed by atoms with E-state index in [1.807, 2.05) is 24.3 Å². The van der Waals surface area contributed by atoms with Gasteiger partial charge in [-0.25, -0.2) is 4.21 Å². The van der Waals surface area contributed by atoms with E-state index in [-0.39, 0.29) is 0 Å². The summed E-state index contributed by atoms with van der Waals surface area (Å²) in [6.45, 7) is 5.66. The van der Waals surface area contributed by atoms with Gasteiger partial charge < -0.3 is 14.9 Å². The van der Waals surface area contributed by atoms with Crippen LogP contribution in [-0.4, -0.2) is 41.0 Å². The van der Waals surface area contributed by atoms with Crippen molar-refractivity contribution in [2.75, 3.05) is 35.9 Å². The summed E-state index contributed by atoms with van der Waals surface area (Å²) in [4.78, 5) is 2.48. The number of nitrogens with zero attached hydrogens (tertiary/aromatic N) is 1. The maximum Gasteiger partial charge on any atom is 0.114 e. The van der Waals surface area contributed by atoms with Crippen LogP contribution in [0.5, 0.6) is 0 Å². The lowest BCUT2D eigenvalue weighted by Gasteiger charge is -2.32. The summed E-state index contributed by atoms with van der Waals surface area (Å²) in [5.74, 6) is 0. The number of anilines is 2. The van der Waals surface area contributed by atoms with Crippen molar-refractivity contribution in [3.63, 3.8) is 0 Å². The van der Waals surface area contributed by atoms with Crippen LogP contribution in [0.2, 0.25) is 0 Å². The van der Waals surface area contributed by atoms with Crippen LogP contribution in [0.25, 0.3) is 0 Å². The quantitative estimate of drug-likeness (QED) is 0.870. The molecule has 1 fully saturated rings. The van der Waals surface area contributed by atoms with Gasteiger partial charge in [-0.05, 0) is 31.5 Å². The summed E-state index contributed by atoms with van der Waals surface area (Å²) < 4.78 is 14.3. The van der Waals surface area contributed by atoms with Gasteiger partial charge in [-0.3, -0.25) is 0 Å². The molecule has 1 aliphatic rings. The van der Waals surface area contributed by atoms with Crippen molar-refractivity contribution in [1.82, 2.24) is 4.90 Å². The van der Waals surface area contributed by atoms with Crippen molar-refractivity contribution in [1.29, 1.82) is 0 Å². The Kier molecular flexibility index (Phi) is 5.22. The van der Waals surface area contributed by atoms with Gasteiger partial charge in [-0.2, -0.15) is 0 Å². The largest absolute Gasteiger partial charge is 0.381 e. The van der Waals surface area contributed by atoms with Gasteiger partial charge in [-0.1, -0.05) is 19.1 Å². The van der Waals surface area contributed by atoms with Gasteiger partial charge in [0.15, 0.2) is 0 Å². The summed E-state index contributed by atoms with van der Waals surface area (Å²) in [7, 11) is -1.04. The predicted molar refractivity (Wildman–Crippen MR) is 82.9 cm³/mol. The molecule has 1 aliphatic heterocycles. The van der Waals surface area contributed by atoms with Gasteiger partial charge in [0.1, 0.15) is 11.0 Å². The molecule has 1 heterocycles. The highest BCUT2D eigenvalue weighted by molar-refractivity contribution is 7.85. The highest BCUT2D eigenvalue weighted by Gasteiger charge is 2.18. The van der Waals surface area contributed by atoms with E-state index >= 15 is 0 Å². The topological polar surface area (TPSA) is 44.4 Å². The molecule has 0 radical (unpaired) electrons. The number of para-hydroxylation sites is 2. The van der Waals surface area contributed by atoms with Gasteiger partial charge >= 0.3 is 0 Å². The predicted octanol–water partition coefficient (Wildman–Crippen LogP) is 2.29. The maximum absolute atomic E-state index is 11.3. The molecule has 1 aromatic rings. The summed E-state index contributed by atoms with van der Waals surface area (Å²) in [6.07, 6.45) is 3.98. The number of likely N-dealkylation sites (tertiary alicyclic amines) is 1. The molecule has 4 nitrogen and oxygen atoms in total. The van der Waals surface area contributed by atoms with Crippen LogP contribution in [0.15, 0.2) is 24.3 Å². The van der Waals surface area contributed by atoms with Gasteiger partial charge in [-0.15, -0.1) is 0 Å². The van der Waals surface area contributed by atoms with Gasteiger partial charge in [0, 0.05) is 25.4 Å². The van der Waals surface area contributed by atoms with Crippen molar-refractivity contribution in [2.45, 2.75) is 25.8 Å². The van der Waals surface area contributed by atoms with E-state index in [1.165, 1.54) is 0 Å². The number of nitrogens with one attached hydrogen (secondary N) is 2. The lowest BCUT2D eigenvalue weighted by Crippen LogP contribution is -2.38. The van der Waals surface area contributed by atoms with E-state index < -0.39 is 11.0 Å². The Balaban J connectivity index is 1.97. The second-order valence-electron chi connectivity index (χ2n) is 4.95. The Morgan fingerprint density at radius 2 is 1.89 bits per heavy atom. The zero-order valence-electron chi connectivity index (χ0n) is 11.7. The molecule has 2 rings (SSSR count). The number of piperidine rings is 1. The monoisotopic (exact) mass is 281 g/mol. The first-order chi connectivity index (χ1) is 9.19. The third-order valence-corrected chi connectivity index (χ3v) is 4.08. The lowest BCUT2D eigenvalue weighted by atomic mass is 10.0. The Morgan fingerprint density at radius 3 is 2.47 bits per heavy atom. The molecule has 1 unspecified atom stereocenters. The van der Waals surface area contributed by atoms with E-state index in [9.17, 15) is 4.21 Å². The van der Waals surface area contributed by atoms with E-state index in [0.717, 1.165) is 43.9 Å². The maximum atomic E-state index is 11.3. The average molecular weight is 281 g/mol. The molecule has 0 spiro atoms. The minimum absolute atomic E-state index is 0.510. The molecule has 0 amide bonds. The molecular weight excluding hydrogens is 258 g/mol. The van der Waals surface area contributed by atoms with Crippen LogP contribution >= 0.6 is 0 Å². The summed E-state index contributed by atoms with van der Waals surface area (Å²) in [6, 6.07) is 8.48. The Morgan fingerprint density at radius 1 is 1.26 bits per heavy atom. The van der Waals surface area contributed by atoms with Crippen molar-refractivity contribution < 1.29 is 4.21 Å². The number of hydrogen-bond donors (Lipinski definition) is 2. The van der Waals surface area contributed by atoms with Crippen molar-refractivity contribution in [3.05, 3.63) is 24.3 Å². The zero-order valence-corrected chi connectivity index (χ0v) is 12.5. The Bertz CT molecular complexity index is 430. The standard InChI is InChI=1S/C14H23N3OS/c1-3-17-10-8-12(9-11-17)15-13-6-4-5-7-14(13)16-19(2)18/h4-7,12,15-16H,3,8-11H2,1-2H3. The fourth-order valence-electron chi connectivity index (χ4n) is 2.47. The van der Waals surface area contributed by atoms with E-state index in [1.54, 1.807) is 6.26 Å². The highest BCUT2D eigenvalue weighted by Crippen LogP contribution is 2.24. The number of hydrogen-bond acceptors (Lipinski definition) is 3. The fraction of sp³-hybridized carbons (Fsp3) is 0.571. The third kappa shape index (κ3) is 4.21. The average Bonchev–Trinajstić information content (AvgIpc) is 2.41. The van der Waals surface area contributed by atoms with Gasteiger partial charge in [0.25, 0.3) is 0 Å². The van der Waals surface area contributed by atoms with Gasteiger partial charge in [0.05, 0.1) is 11.4 Å². The molecule has 5 heteroatoms. The third-order valence-electron chi connectivity index (χ3n) is 3.58. The molecule has 1 atom stereocenters. The van der Waals surface area contributed by atoms with E-state index in [0.29, 0.717) is 6.04 Å². The molecule has 0 bridgehead atoms. The smallest absolute Gasteiger partial charge is 0.114 e. The molecular formula is C14H23N3OS. The number of rotatable bonds is 5. The van der Waals surface area contributed by atoms with Crippen LogP contribution < -0.4 is 10.0 Å². The highest BCUT2D eigenvalue weighted by atomic mass is 32.2. The van der Waals surface area contributed by atoms with E-state index in [2.05, 4.69) is 21.9 Å². The summed E-state index contributed by atoms with van der Waals surface area (Å²) >= 11 is 0. The first-order valence-corrected chi connectivity index (χ1v) is 8.43. The molecule has 1 saturated heterocycles. The Hall–Kier alpha value is -1.07. The molecule has 19 heavy (non-hydrogen) atoms. The molecule has 0 aromatic heterocycles.